The molecule has 4 N–H and O–H groups in total. The van der Waals surface area contributed by atoms with E-state index >= 15 is 0 Å². The first-order valence-corrected chi connectivity index (χ1v) is 15.9. The summed E-state index contributed by atoms with van der Waals surface area (Å²) in [6.07, 6.45) is 2.21. The zero-order valence-electron chi connectivity index (χ0n) is 25.2. The van der Waals surface area contributed by atoms with Gasteiger partial charge in [-0.25, -0.2) is 18.2 Å². The number of nitrogens with one attached hydrogen (secondary N) is 1. The summed E-state index contributed by atoms with van der Waals surface area (Å²) < 4.78 is 33.4. The summed E-state index contributed by atoms with van der Waals surface area (Å²) in [7, 11) is -3.73. The van der Waals surface area contributed by atoms with Crippen LogP contribution in [-0.4, -0.2) is 85.5 Å². The van der Waals surface area contributed by atoms with Crippen molar-refractivity contribution in [3.8, 4) is 11.1 Å². The zero-order chi connectivity index (χ0) is 31.4. The Hall–Kier alpha value is -3.74. The van der Waals surface area contributed by atoms with Crippen molar-refractivity contribution in [2.45, 2.75) is 51.0 Å². The Morgan fingerprint density at radius 1 is 1.14 bits per heavy atom. The van der Waals surface area contributed by atoms with Gasteiger partial charge in [-0.15, -0.1) is 0 Å². The Morgan fingerprint density at radius 2 is 1.86 bits per heavy atom. The summed E-state index contributed by atoms with van der Waals surface area (Å²) in [5, 5.41) is 12.1. The van der Waals surface area contributed by atoms with Crippen molar-refractivity contribution in [3.05, 3.63) is 53.6 Å². The van der Waals surface area contributed by atoms with Gasteiger partial charge in [-0.2, -0.15) is 4.31 Å². The van der Waals surface area contributed by atoms with Crippen molar-refractivity contribution in [1.82, 2.24) is 14.5 Å². The van der Waals surface area contributed by atoms with E-state index < -0.39 is 21.7 Å². The highest BCUT2D eigenvalue weighted by atomic mass is 32.2. The maximum absolute atomic E-state index is 13.4. The molecule has 0 aliphatic carbocycles. The van der Waals surface area contributed by atoms with Gasteiger partial charge in [0.25, 0.3) is 0 Å². The van der Waals surface area contributed by atoms with Crippen molar-refractivity contribution in [1.29, 1.82) is 0 Å². The van der Waals surface area contributed by atoms with Crippen LogP contribution in [0, 0.1) is 5.92 Å². The van der Waals surface area contributed by atoms with E-state index in [4.69, 9.17) is 10.5 Å². The summed E-state index contributed by atoms with van der Waals surface area (Å²) in [5.74, 6) is 0.111. The van der Waals surface area contributed by atoms with E-state index in [0.717, 1.165) is 17.5 Å². The molecule has 1 saturated heterocycles. The van der Waals surface area contributed by atoms with Gasteiger partial charge < -0.3 is 25.8 Å². The monoisotopic (exact) mass is 611 g/mol. The highest BCUT2D eigenvalue weighted by molar-refractivity contribution is 7.89. The van der Waals surface area contributed by atoms with Gasteiger partial charge in [0, 0.05) is 56.2 Å². The number of nitrogens with zero attached hydrogens (tertiary/aromatic N) is 3. The number of nitrogens with two attached hydrogens (primary N) is 1. The van der Waals surface area contributed by atoms with Gasteiger partial charge in [-0.1, -0.05) is 31.2 Å². The summed E-state index contributed by atoms with van der Waals surface area (Å²) in [4.78, 5) is 31.4. The van der Waals surface area contributed by atoms with Crippen molar-refractivity contribution in [2.24, 2.45) is 16.6 Å². The number of carbonyl (C=O) groups is 2. The number of sulfonamides is 1. The van der Waals surface area contributed by atoms with Crippen molar-refractivity contribution < 1.29 is 27.9 Å². The van der Waals surface area contributed by atoms with Crippen LogP contribution in [0.2, 0.25) is 0 Å². The fourth-order valence-corrected chi connectivity index (χ4v) is 6.63. The lowest BCUT2D eigenvalue weighted by Crippen LogP contribution is -2.53. The fraction of sp³-hybridized carbons (Fsp3) is 0.452. The van der Waals surface area contributed by atoms with E-state index in [1.807, 2.05) is 31.2 Å². The molecule has 11 nitrogen and oxygen atoms in total. The van der Waals surface area contributed by atoms with Gasteiger partial charge >= 0.3 is 6.09 Å². The standard InChI is InChI=1S/C31H41N5O6S/c1-5-11-35(12-13-37)29(38)25-14-24-10-9-23(16-27(24)34-28(32)17-25)22-7-6-8-26(15-22)43(40,41)36-19-21(20-36)18-33-30(39)42-31(2,3)4/h6-10,14-16,21,37H,5,11-13,17-20H2,1-4H3,(H2,32,34)(H,33,39). The van der Waals surface area contributed by atoms with Crippen LogP contribution in [-0.2, 0) is 19.6 Å². The molecule has 0 aromatic heterocycles. The fourth-order valence-electron chi connectivity index (χ4n) is 4.99. The van der Waals surface area contributed by atoms with E-state index in [1.165, 1.54) is 4.31 Å². The quantitative estimate of drug-likeness (QED) is 0.371. The number of aliphatic hydroxyl groups is 1. The number of rotatable bonds is 10. The summed E-state index contributed by atoms with van der Waals surface area (Å²) in [5.41, 5.74) is 8.86. The second-order valence-corrected chi connectivity index (χ2v) is 13.8. The van der Waals surface area contributed by atoms with Crippen LogP contribution in [0.5, 0.6) is 0 Å². The summed E-state index contributed by atoms with van der Waals surface area (Å²) >= 11 is 0. The number of fused-ring (bicyclic) bond motifs is 1. The predicted octanol–water partition coefficient (Wildman–Crippen LogP) is 3.51. The summed E-state index contributed by atoms with van der Waals surface area (Å²) in [6, 6.07) is 12.3. The maximum atomic E-state index is 13.4. The second kappa shape index (κ2) is 13.3. The number of aliphatic hydroxyl groups excluding tert-OH is 1. The zero-order valence-corrected chi connectivity index (χ0v) is 26.0. The molecule has 0 saturated carbocycles. The van der Waals surface area contributed by atoms with Crippen LogP contribution in [0.25, 0.3) is 17.2 Å². The number of hydrogen-bond donors (Lipinski definition) is 3. The van der Waals surface area contributed by atoms with E-state index in [1.54, 1.807) is 49.9 Å². The predicted molar refractivity (Wildman–Crippen MR) is 166 cm³/mol. The average Bonchev–Trinajstić information content (AvgIpc) is 3.08. The normalized spacial score (nSPS) is 15.8. The van der Waals surface area contributed by atoms with Gasteiger partial charge in [-0.3, -0.25) is 4.79 Å². The lowest BCUT2D eigenvalue weighted by molar-refractivity contribution is -0.127. The lowest BCUT2D eigenvalue weighted by atomic mass is 10.0. The van der Waals surface area contributed by atoms with Crippen LogP contribution in [0.1, 0.15) is 46.1 Å². The lowest BCUT2D eigenvalue weighted by Gasteiger charge is -2.38. The molecule has 2 aliphatic heterocycles. The van der Waals surface area contributed by atoms with Crippen LogP contribution >= 0.6 is 0 Å². The third-order valence-electron chi connectivity index (χ3n) is 7.08. The Labute approximate surface area is 253 Å². The molecule has 12 heteroatoms. The first-order valence-electron chi connectivity index (χ1n) is 14.5. The Balaban J connectivity index is 1.49. The highest BCUT2D eigenvalue weighted by Crippen LogP contribution is 2.34. The number of amidine groups is 1. The molecule has 43 heavy (non-hydrogen) atoms. The number of hydrogen-bond acceptors (Lipinski definition) is 8. The smallest absolute Gasteiger partial charge is 0.407 e. The molecule has 0 unspecified atom stereocenters. The molecule has 0 atom stereocenters. The SMILES string of the molecule is CCCN(CCO)C(=O)C1=Cc2ccc(-c3cccc(S(=O)(=O)N4CC(CNC(=O)OC(C)(C)C)C4)c3)cc2N=C(N)C1. The van der Waals surface area contributed by atoms with Gasteiger partial charge in [0.1, 0.15) is 11.4 Å². The largest absolute Gasteiger partial charge is 0.444 e. The highest BCUT2D eigenvalue weighted by Gasteiger charge is 2.37. The van der Waals surface area contributed by atoms with Gasteiger partial charge in [-0.05, 0) is 62.6 Å². The molecule has 2 amide bonds. The van der Waals surface area contributed by atoms with E-state index in [0.29, 0.717) is 48.8 Å². The number of amides is 2. The number of ether oxygens (including phenoxy) is 1. The number of alkyl carbamates (subject to hydrolysis) is 1. The van der Waals surface area contributed by atoms with Gasteiger partial charge in [0.2, 0.25) is 15.9 Å². The van der Waals surface area contributed by atoms with E-state index in [9.17, 15) is 23.1 Å². The first-order chi connectivity index (χ1) is 20.3. The van der Waals surface area contributed by atoms with E-state index in [-0.39, 0.29) is 36.3 Å². The number of benzene rings is 2. The topological polar surface area (TPSA) is 155 Å². The third kappa shape index (κ3) is 8.01. The number of carbonyl (C=O) groups excluding carboxylic acids is 2. The third-order valence-corrected chi connectivity index (χ3v) is 8.91. The van der Waals surface area contributed by atoms with Crippen molar-refractivity contribution in [2.75, 3.05) is 39.3 Å². The molecule has 0 spiro atoms. The van der Waals surface area contributed by atoms with Crippen molar-refractivity contribution >= 4 is 39.6 Å². The minimum absolute atomic E-state index is 0.000829. The van der Waals surface area contributed by atoms with Crippen molar-refractivity contribution in [3.63, 3.8) is 0 Å². The molecular weight excluding hydrogens is 570 g/mol. The molecule has 2 aromatic carbocycles. The molecule has 2 aromatic rings. The number of aliphatic imine (C=N–C) groups is 1. The van der Waals surface area contributed by atoms with Crippen LogP contribution < -0.4 is 11.1 Å². The Bertz CT molecular complexity index is 1520. The maximum Gasteiger partial charge on any atom is 0.407 e. The molecule has 2 aliphatic rings. The minimum Gasteiger partial charge on any atom is -0.444 e. The molecule has 232 valence electrons. The van der Waals surface area contributed by atoms with E-state index in [2.05, 4.69) is 10.3 Å². The van der Waals surface area contributed by atoms with Crippen LogP contribution in [0.3, 0.4) is 0 Å². The average molecular weight is 612 g/mol. The Morgan fingerprint density at radius 3 is 2.53 bits per heavy atom. The molecule has 0 bridgehead atoms. The van der Waals surface area contributed by atoms with Crippen LogP contribution in [0.15, 0.2) is 57.9 Å². The molecular formula is C31H41N5O6S. The minimum atomic E-state index is -3.73. The summed E-state index contributed by atoms with van der Waals surface area (Å²) in [6.45, 7) is 8.90. The first kappa shape index (κ1) is 32.2. The Kier molecular flexibility index (Phi) is 9.93. The molecule has 4 rings (SSSR count). The molecule has 1 fully saturated rings. The molecule has 0 radical (unpaired) electrons. The molecule has 2 heterocycles. The van der Waals surface area contributed by atoms with Crippen LogP contribution in [0.4, 0.5) is 10.5 Å². The van der Waals surface area contributed by atoms with Gasteiger partial charge in [0.05, 0.1) is 17.2 Å². The van der Waals surface area contributed by atoms with Gasteiger partial charge in [0.15, 0.2) is 0 Å². The second-order valence-electron chi connectivity index (χ2n) is 11.8.